The Morgan fingerprint density at radius 3 is 2.63 bits per heavy atom. The van der Waals surface area contributed by atoms with Crippen molar-refractivity contribution in [3.8, 4) is 0 Å². The van der Waals surface area contributed by atoms with Crippen molar-refractivity contribution in [3.63, 3.8) is 0 Å². The summed E-state index contributed by atoms with van der Waals surface area (Å²) in [5.41, 5.74) is 3.41. The van der Waals surface area contributed by atoms with Gasteiger partial charge in [0.1, 0.15) is 17.5 Å². The van der Waals surface area contributed by atoms with Gasteiger partial charge >= 0.3 is 0 Å². The molecule has 1 unspecified atom stereocenters. The Kier molecular flexibility index (Phi) is 4.94. The summed E-state index contributed by atoms with van der Waals surface area (Å²) in [5.74, 6) is 1.35. The largest absolute Gasteiger partial charge is 0.342 e. The van der Waals surface area contributed by atoms with Crippen LogP contribution in [0.5, 0.6) is 0 Å². The van der Waals surface area contributed by atoms with Gasteiger partial charge in [-0.05, 0) is 73.4 Å². The van der Waals surface area contributed by atoms with E-state index in [1.54, 1.807) is 18.2 Å². The lowest BCUT2D eigenvalue weighted by Crippen LogP contribution is -2.19. The lowest BCUT2D eigenvalue weighted by molar-refractivity contribution is 0.286. The second-order valence-electron chi connectivity index (χ2n) is 8.37. The normalized spacial score (nSPS) is 20.7. The molecule has 0 amide bonds. The molecular formula is C24H22ClF2N3. The Hall–Kier alpha value is -2.53. The Morgan fingerprint density at radius 1 is 1.03 bits per heavy atom. The Morgan fingerprint density at radius 2 is 1.83 bits per heavy atom. The molecule has 6 heteroatoms. The number of aromatic nitrogens is 3. The van der Waals surface area contributed by atoms with E-state index in [9.17, 15) is 8.78 Å². The number of imidazole rings is 1. The van der Waals surface area contributed by atoms with Gasteiger partial charge in [-0.15, -0.1) is 0 Å². The third kappa shape index (κ3) is 3.45. The highest BCUT2D eigenvalue weighted by Gasteiger charge is 2.29. The molecule has 1 aliphatic carbocycles. The smallest absolute Gasteiger partial charge is 0.144 e. The number of H-pyrrole nitrogens is 1. The van der Waals surface area contributed by atoms with Crippen LogP contribution in [0.1, 0.15) is 55.8 Å². The first-order valence-electron chi connectivity index (χ1n) is 10.4. The lowest BCUT2D eigenvalue weighted by Gasteiger charge is -2.32. The van der Waals surface area contributed by atoms with E-state index in [0.717, 1.165) is 47.9 Å². The maximum atomic E-state index is 13.8. The molecule has 1 N–H and O–H groups in total. The maximum Gasteiger partial charge on any atom is 0.144 e. The van der Waals surface area contributed by atoms with Crippen LogP contribution in [0.4, 0.5) is 8.78 Å². The maximum absolute atomic E-state index is 13.8. The molecule has 2 aromatic heterocycles. The first-order valence-corrected chi connectivity index (χ1v) is 10.8. The van der Waals surface area contributed by atoms with Crippen LogP contribution in [-0.2, 0) is 0 Å². The van der Waals surface area contributed by atoms with Gasteiger partial charge in [-0.3, -0.25) is 4.98 Å². The van der Waals surface area contributed by atoms with Crippen LogP contribution in [0.2, 0.25) is 5.02 Å². The number of benzene rings is 2. The van der Waals surface area contributed by atoms with Gasteiger partial charge < -0.3 is 4.98 Å². The van der Waals surface area contributed by atoms with Crippen molar-refractivity contribution in [2.75, 3.05) is 0 Å². The molecule has 2 heterocycles. The van der Waals surface area contributed by atoms with Crippen molar-refractivity contribution in [2.45, 2.75) is 44.4 Å². The number of pyridine rings is 1. The number of hydrogen-bond acceptors (Lipinski definition) is 2. The summed E-state index contributed by atoms with van der Waals surface area (Å²) in [6.45, 7) is 2.18. The van der Waals surface area contributed by atoms with Crippen LogP contribution in [0.15, 0.2) is 42.6 Å². The predicted octanol–water partition coefficient (Wildman–Crippen LogP) is 7.12. The number of halogens is 3. The monoisotopic (exact) mass is 425 g/mol. The zero-order chi connectivity index (χ0) is 20.8. The van der Waals surface area contributed by atoms with Crippen molar-refractivity contribution < 1.29 is 8.78 Å². The van der Waals surface area contributed by atoms with E-state index in [1.807, 2.05) is 12.3 Å². The third-order valence-electron chi connectivity index (χ3n) is 6.63. The average Bonchev–Trinajstić information content (AvgIpc) is 3.16. The Labute approximate surface area is 178 Å². The number of hydrogen-bond donors (Lipinski definition) is 1. The molecule has 0 radical (unpaired) electrons. The fourth-order valence-electron chi connectivity index (χ4n) is 4.89. The van der Waals surface area contributed by atoms with Gasteiger partial charge in [0.15, 0.2) is 0 Å². The van der Waals surface area contributed by atoms with E-state index in [-0.39, 0.29) is 16.8 Å². The summed E-state index contributed by atoms with van der Waals surface area (Å²) >= 11 is 5.90. The van der Waals surface area contributed by atoms with Crippen LogP contribution in [0.3, 0.4) is 0 Å². The Bertz CT molecular complexity index is 1190. The van der Waals surface area contributed by atoms with Crippen LogP contribution in [0, 0.1) is 17.6 Å². The average molecular weight is 426 g/mol. The second kappa shape index (κ2) is 7.62. The summed E-state index contributed by atoms with van der Waals surface area (Å²) in [6, 6.07) is 9.83. The van der Waals surface area contributed by atoms with Crippen LogP contribution < -0.4 is 0 Å². The summed E-state index contributed by atoms with van der Waals surface area (Å²) in [6.07, 6.45) is 6.05. The minimum Gasteiger partial charge on any atom is -0.342 e. The fourth-order valence-corrected chi connectivity index (χ4v) is 5.05. The number of aromatic amines is 1. The minimum atomic E-state index is -0.448. The summed E-state index contributed by atoms with van der Waals surface area (Å²) < 4.78 is 27.5. The molecule has 3 nitrogen and oxygen atoms in total. The molecule has 30 heavy (non-hydrogen) atoms. The first kappa shape index (κ1) is 19.4. The molecule has 0 spiro atoms. The molecule has 1 atom stereocenters. The fraction of sp³-hybridized carbons (Fsp3) is 0.333. The summed E-state index contributed by atoms with van der Waals surface area (Å²) in [5, 5.41) is 1.03. The number of nitrogens with zero attached hydrogens (tertiary/aromatic N) is 2. The van der Waals surface area contributed by atoms with Gasteiger partial charge in [0.2, 0.25) is 0 Å². The van der Waals surface area contributed by atoms with E-state index in [2.05, 4.69) is 21.9 Å². The van der Waals surface area contributed by atoms with E-state index >= 15 is 0 Å². The van der Waals surface area contributed by atoms with Gasteiger partial charge in [-0.2, -0.15) is 0 Å². The molecule has 1 fully saturated rings. The molecule has 4 aromatic rings. The summed E-state index contributed by atoms with van der Waals surface area (Å²) in [7, 11) is 0. The first-order chi connectivity index (χ1) is 14.5. The zero-order valence-electron chi connectivity index (χ0n) is 16.6. The topological polar surface area (TPSA) is 41.6 Å². The highest BCUT2D eigenvalue weighted by molar-refractivity contribution is 6.31. The number of fused-ring (bicyclic) bond motifs is 2. The van der Waals surface area contributed by atoms with Gasteiger partial charge in [-0.1, -0.05) is 18.5 Å². The molecular weight excluding hydrogens is 404 g/mol. The Balaban J connectivity index is 1.34. The SMILES string of the molecule is CC(c1nc2cc(F)c(Cl)cc2[nH]1)[C@H]1CC[C@H](c2ccnc3ccc(F)cc32)CC1. The molecule has 5 rings (SSSR count). The molecule has 154 valence electrons. The quantitative estimate of drug-likeness (QED) is 0.379. The highest BCUT2D eigenvalue weighted by Crippen LogP contribution is 2.43. The van der Waals surface area contributed by atoms with Gasteiger partial charge in [0, 0.05) is 23.6 Å². The zero-order valence-corrected chi connectivity index (χ0v) is 17.4. The van der Waals surface area contributed by atoms with Gasteiger partial charge in [-0.25, -0.2) is 13.8 Å². The van der Waals surface area contributed by atoms with Crippen molar-refractivity contribution >= 4 is 33.5 Å². The summed E-state index contributed by atoms with van der Waals surface area (Å²) in [4.78, 5) is 12.3. The van der Waals surface area contributed by atoms with Crippen LogP contribution in [0.25, 0.3) is 21.9 Å². The lowest BCUT2D eigenvalue weighted by atomic mass is 9.73. The van der Waals surface area contributed by atoms with Crippen molar-refractivity contribution in [2.24, 2.45) is 5.92 Å². The molecule has 2 aromatic carbocycles. The third-order valence-corrected chi connectivity index (χ3v) is 6.92. The van der Waals surface area contributed by atoms with Gasteiger partial charge in [0.25, 0.3) is 0 Å². The predicted molar refractivity (Wildman–Crippen MR) is 116 cm³/mol. The number of rotatable bonds is 3. The van der Waals surface area contributed by atoms with E-state index in [0.29, 0.717) is 17.4 Å². The van der Waals surface area contributed by atoms with E-state index in [4.69, 9.17) is 11.6 Å². The van der Waals surface area contributed by atoms with Crippen molar-refractivity contribution in [1.82, 2.24) is 15.0 Å². The molecule has 0 saturated heterocycles. The van der Waals surface area contributed by atoms with Crippen molar-refractivity contribution in [3.05, 3.63) is 70.6 Å². The van der Waals surface area contributed by atoms with Gasteiger partial charge in [0.05, 0.1) is 21.6 Å². The standard InChI is InChI=1S/C24H22ClF2N3/c1-13(24-29-22-11-19(25)20(27)12-23(22)30-24)14-2-4-15(5-3-14)17-8-9-28-21-7-6-16(26)10-18(17)21/h6-15H,2-5H2,1H3,(H,29,30)/t13?,14-,15-. The molecule has 1 aliphatic rings. The van der Waals surface area contributed by atoms with E-state index < -0.39 is 5.82 Å². The van der Waals surface area contributed by atoms with Crippen LogP contribution in [-0.4, -0.2) is 15.0 Å². The minimum absolute atomic E-state index is 0.104. The van der Waals surface area contributed by atoms with E-state index in [1.165, 1.54) is 17.7 Å². The molecule has 1 saturated carbocycles. The second-order valence-corrected chi connectivity index (χ2v) is 8.77. The molecule has 0 bridgehead atoms. The number of nitrogens with one attached hydrogen (secondary N) is 1. The van der Waals surface area contributed by atoms with Crippen LogP contribution >= 0.6 is 11.6 Å². The highest BCUT2D eigenvalue weighted by atomic mass is 35.5. The molecule has 0 aliphatic heterocycles. The van der Waals surface area contributed by atoms with Crippen molar-refractivity contribution in [1.29, 1.82) is 0 Å².